The minimum absolute atomic E-state index is 0.0281. The molecule has 5 nitrogen and oxygen atoms in total. The Labute approximate surface area is 181 Å². The second-order valence-electron chi connectivity index (χ2n) is 6.38. The average molecular weight is 465 g/mol. The van der Waals surface area contributed by atoms with Crippen molar-refractivity contribution in [2.24, 2.45) is 0 Å². The first kappa shape index (κ1) is 19.5. The Hall–Kier alpha value is -2.77. The summed E-state index contributed by atoms with van der Waals surface area (Å²) in [4.78, 5) is 17.1. The van der Waals surface area contributed by atoms with E-state index in [9.17, 15) is 4.79 Å². The molecule has 2 heterocycles. The second-order valence-corrected chi connectivity index (χ2v) is 8.18. The summed E-state index contributed by atoms with van der Waals surface area (Å²) in [5.74, 6) is 0.931. The van der Waals surface area contributed by atoms with Gasteiger partial charge in [-0.3, -0.25) is 14.3 Å². The smallest absolute Gasteiger partial charge is 0.196 e. The number of nitrogens with zero attached hydrogens (tertiary/aromatic N) is 4. The number of pyridine rings is 1. The van der Waals surface area contributed by atoms with Crippen molar-refractivity contribution >= 4 is 33.5 Å². The van der Waals surface area contributed by atoms with E-state index in [2.05, 4.69) is 31.1 Å². The van der Waals surface area contributed by atoms with E-state index in [1.165, 1.54) is 17.3 Å². The molecule has 0 fully saturated rings. The lowest BCUT2D eigenvalue weighted by Gasteiger charge is -2.10. The van der Waals surface area contributed by atoms with Gasteiger partial charge in [-0.05, 0) is 37.3 Å². The van der Waals surface area contributed by atoms with Crippen molar-refractivity contribution in [3.8, 4) is 17.2 Å². The molecule has 0 saturated carbocycles. The standard InChI is InChI=1S/C22H17BrN4OS/c1-15-9-11-16(12-10-15)27-21(19-8-4-5-13-24-19)25-26-22(27)29-14-20(28)17-6-2-3-7-18(17)23/h2-13H,14H2,1H3. The van der Waals surface area contributed by atoms with Crippen LogP contribution in [0.25, 0.3) is 17.2 Å². The topological polar surface area (TPSA) is 60.7 Å². The van der Waals surface area contributed by atoms with Gasteiger partial charge in [-0.15, -0.1) is 10.2 Å². The van der Waals surface area contributed by atoms with Crippen LogP contribution in [0.4, 0.5) is 0 Å². The molecule has 29 heavy (non-hydrogen) atoms. The Morgan fingerprint density at radius 2 is 1.76 bits per heavy atom. The first-order valence-electron chi connectivity index (χ1n) is 8.98. The van der Waals surface area contributed by atoms with Gasteiger partial charge in [0.25, 0.3) is 0 Å². The molecule has 0 spiro atoms. The van der Waals surface area contributed by atoms with Crippen LogP contribution in [0.15, 0.2) is 82.6 Å². The fourth-order valence-corrected chi connectivity index (χ4v) is 4.19. The maximum Gasteiger partial charge on any atom is 0.196 e. The van der Waals surface area contributed by atoms with Crippen LogP contribution in [0.5, 0.6) is 0 Å². The van der Waals surface area contributed by atoms with Gasteiger partial charge >= 0.3 is 0 Å². The normalized spacial score (nSPS) is 10.8. The average Bonchev–Trinajstić information content (AvgIpc) is 3.17. The number of hydrogen-bond acceptors (Lipinski definition) is 5. The van der Waals surface area contributed by atoms with Crippen LogP contribution >= 0.6 is 27.7 Å². The van der Waals surface area contributed by atoms with Crippen LogP contribution in [0.1, 0.15) is 15.9 Å². The van der Waals surface area contributed by atoms with Crippen LogP contribution < -0.4 is 0 Å². The highest BCUT2D eigenvalue weighted by molar-refractivity contribution is 9.10. The Bertz CT molecular complexity index is 1140. The monoisotopic (exact) mass is 464 g/mol. The Kier molecular flexibility index (Phi) is 5.87. The number of ketones is 1. The summed E-state index contributed by atoms with van der Waals surface area (Å²) in [5, 5.41) is 9.36. The van der Waals surface area contributed by atoms with Crippen molar-refractivity contribution in [3.05, 3.63) is 88.5 Å². The summed E-state index contributed by atoms with van der Waals surface area (Å²) in [6, 6.07) is 21.2. The molecule has 0 unspecified atom stereocenters. The molecule has 0 aliphatic rings. The van der Waals surface area contributed by atoms with Crippen molar-refractivity contribution in [2.45, 2.75) is 12.1 Å². The highest BCUT2D eigenvalue weighted by atomic mass is 79.9. The minimum atomic E-state index is 0.0281. The first-order valence-corrected chi connectivity index (χ1v) is 10.8. The number of benzene rings is 2. The van der Waals surface area contributed by atoms with Crippen LogP contribution in [0, 0.1) is 6.92 Å². The van der Waals surface area contributed by atoms with E-state index in [0.29, 0.717) is 16.5 Å². The molecule has 0 aliphatic heterocycles. The molecule has 0 aliphatic carbocycles. The number of thioether (sulfide) groups is 1. The molecule has 0 atom stereocenters. The molecule has 2 aromatic carbocycles. The van der Waals surface area contributed by atoms with Crippen molar-refractivity contribution in [3.63, 3.8) is 0 Å². The highest BCUT2D eigenvalue weighted by Gasteiger charge is 2.19. The van der Waals surface area contributed by atoms with E-state index in [4.69, 9.17) is 0 Å². The Morgan fingerprint density at radius 1 is 1.00 bits per heavy atom. The third kappa shape index (κ3) is 4.31. The van der Waals surface area contributed by atoms with Crippen LogP contribution in [0.3, 0.4) is 0 Å². The van der Waals surface area contributed by atoms with Gasteiger partial charge < -0.3 is 0 Å². The van der Waals surface area contributed by atoms with Crippen molar-refractivity contribution in [2.75, 3.05) is 5.75 Å². The highest BCUT2D eigenvalue weighted by Crippen LogP contribution is 2.28. The van der Waals surface area contributed by atoms with E-state index in [1.807, 2.05) is 78.2 Å². The van der Waals surface area contributed by atoms with Gasteiger partial charge in [0.1, 0.15) is 5.69 Å². The summed E-state index contributed by atoms with van der Waals surface area (Å²) in [7, 11) is 0. The Morgan fingerprint density at radius 3 is 2.48 bits per heavy atom. The van der Waals surface area contributed by atoms with Crippen LogP contribution in [0.2, 0.25) is 0 Å². The van der Waals surface area contributed by atoms with E-state index >= 15 is 0 Å². The zero-order valence-electron chi connectivity index (χ0n) is 15.6. The van der Waals surface area contributed by atoms with Crippen LogP contribution in [-0.4, -0.2) is 31.3 Å². The number of aromatic nitrogens is 4. The van der Waals surface area contributed by atoms with Gasteiger partial charge in [0, 0.05) is 21.9 Å². The SMILES string of the molecule is Cc1ccc(-n2c(SCC(=O)c3ccccc3Br)nnc2-c2ccccn2)cc1. The first-order chi connectivity index (χ1) is 14.1. The lowest BCUT2D eigenvalue weighted by Crippen LogP contribution is -2.06. The van der Waals surface area contributed by atoms with E-state index in [0.717, 1.165) is 15.9 Å². The van der Waals surface area contributed by atoms with E-state index < -0.39 is 0 Å². The lowest BCUT2D eigenvalue weighted by molar-refractivity contribution is 0.102. The number of hydrogen-bond donors (Lipinski definition) is 0. The number of carbonyl (C=O) groups is 1. The van der Waals surface area contributed by atoms with Gasteiger partial charge in [0.2, 0.25) is 0 Å². The lowest BCUT2D eigenvalue weighted by atomic mass is 10.1. The molecular formula is C22H17BrN4OS. The summed E-state index contributed by atoms with van der Waals surface area (Å²) < 4.78 is 2.74. The zero-order valence-corrected chi connectivity index (χ0v) is 18.0. The quantitative estimate of drug-likeness (QED) is 0.283. The molecule has 4 aromatic rings. The van der Waals surface area contributed by atoms with Gasteiger partial charge in [0.05, 0.1) is 5.75 Å². The maximum atomic E-state index is 12.7. The second kappa shape index (κ2) is 8.71. The van der Waals surface area contributed by atoms with Crippen LogP contribution in [-0.2, 0) is 0 Å². The third-order valence-electron chi connectivity index (χ3n) is 4.33. The zero-order chi connectivity index (χ0) is 20.2. The summed E-state index contributed by atoms with van der Waals surface area (Å²) in [6.45, 7) is 2.04. The minimum Gasteiger partial charge on any atom is -0.293 e. The van der Waals surface area contributed by atoms with Gasteiger partial charge in [-0.25, -0.2) is 0 Å². The van der Waals surface area contributed by atoms with E-state index in [-0.39, 0.29) is 11.5 Å². The van der Waals surface area contributed by atoms with Gasteiger partial charge in [-0.1, -0.05) is 69.7 Å². The molecule has 7 heteroatoms. The Balaban J connectivity index is 1.68. The summed E-state index contributed by atoms with van der Waals surface area (Å²) >= 11 is 4.81. The number of halogens is 1. The fraction of sp³-hybridized carbons (Fsp3) is 0.0909. The molecule has 0 saturated heterocycles. The molecule has 0 N–H and O–H groups in total. The largest absolute Gasteiger partial charge is 0.293 e. The van der Waals surface area contributed by atoms with E-state index in [1.54, 1.807) is 6.20 Å². The summed E-state index contributed by atoms with van der Waals surface area (Å²) in [5.41, 5.74) is 3.48. The molecule has 2 aromatic heterocycles. The molecule has 4 rings (SSSR count). The fourth-order valence-electron chi connectivity index (χ4n) is 2.85. The molecule has 144 valence electrons. The predicted octanol–water partition coefficient (Wildman–Crippen LogP) is 5.38. The number of rotatable bonds is 6. The third-order valence-corrected chi connectivity index (χ3v) is 5.95. The van der Waals surface area contributed by atoms with Gasteiger partial charge in [0.15, 0.2) is 16.8 Å². The molecule has 0 amide bonds. The number of Topliss-reactive ketones (excluding diaryl/α,β-unsaturated/α-hetero) is 1. The number of carbonyl (C=O) groups excluding carboxylic acids is 1. The van der Waals surface area contributed by atoms with Gasteiger partial charge in [-0.2, -0.15) is 0 Å². The molecule has 0 bridgehead atoms. The summed E-state index contributed by atoms with van der Waals surface area (Å²) in [6.07, 6.45) is 1.73. The van der Waals surface area contributed by atoms with Crippen molar-refractivity contribution in [1.82, 2.24) is 19.7 Å². The number of aryl methyl sites for hydroxylation is 1. The predicted molar refractivity (Wildman–Crippen MR) is 119 cm³/mol. The molecular weight excluding hydrogens is 448 g/mol. The molecule has 0 radical (unpaired) electrons. The maximum absolute atomic E-state index is 12.7. The van der Waals surface area contributed by atoms with Crippen molar-refractivity contribution in [1.29, 1.82) is 0 Å². The van der Waals surface area contributed by atoms with Crippen molar-refractivity contribution < 1.29 is 4.79 Å².